The van der Waals surface area contributed by atoms with E-state index in [1.54, 1.807) is 6.26 Å². The van der Waals surface area contributed by atoms with Gasteiger partial charge >= 0.3 is 0 Å². The largest absolute Gasteiger partial charge is 0.468 e. The summed E-state index contributed by atoms with van der Waals surface area (Å²) in [5.41, 5.74) is 5.90. The summed E-state index contributed by atoms with van der Waals surface area (Å²) >= 11 is 0. The summed E-state index contributed by atoms with van der Waals surface area (Å²) < 4.78 is 5.32. The Hall–Kier alpha value is -0.800. The molecule has 1 saturated carbocycles. The molecule has 2 N–H and O–H groups in total. The molecule has 0 aromatic carbocycles. The summed E-state index contributed by atoms with van der Waals surface area (Å²) in [6.45, 7) is 2.03. The van der Waals surface area contributed by atoms with E-state index in [1.807, 2.05) is 12.1 Å². The zero-order valence-corrected chi connectivity index (χ0v) is 9.36. The van der Waals surface area contributed by atoms with Crippen LogP contribution in [0.25, 0.3) is 0 Å². The van der Waals surface area contributed by atoms with Gasteiger partial charge < -0.3 is 10.2 Å². The van der Waals surface area contributed by atoms with Crippen LogP contribution in [0.15, 0.2) is 22.8 Å². The van der Waals surface area contributed by atoms with Gasteiger partial charge in [0.1, 0.15) is 5.76 Å². The minimum atomic E-state index is 0.437. The van der Waals surface area contributed by atoms with E-state index >= 15 is 0 Å². The Bertz CT molecular complexity index is 284. The highest BCUT2D eigenvalue weighted by atomic mass is 16.3. The zero-order chi connectivity index (χ0) is 10.7. The topological polar surface area (TPSA) is 42.4 Å². The Kier molecular flexibility index (Phi) is 3.44. The summed E-state index contributed by atoms with van der Waals surface area (Å²) in [6, 6.07) is 4.40. The van der Waals surface area contributed by atoms with E-state index in [0.717, 1.165) is 24.8 Å². The molecule has 0 bridgehead atoms. The predicted molar refractivity (Wildman–Crippen MR) is 60.4 cm³/mol. The molecule has 0 amide bonds. The highest BCUT2D eigenvalue weighted by Crippen LogP contribution is 2.24. The molecule has 2 atom stereocenters. The molecule has 1 aliphatic rings. The molecular weight excluding hydrogens is 188 g/mol. The number of hydrogen-bond acceptors (Lipinski definition) is 3. The fourth-order valence-electron chi connectivity index (χ4n) is 2.45. The summed E-state index contributed by atoms with van der Waals surface area (Å²) in [5, 5.41) is 0. The van der Waals surface area contributed by atoms with Gasteiger partial charge in [0.25, 0.3) is 0 Å². The molecule has 2 unspecified atom stereocenters. The first kappa shape index (κ1) is 10.7. The van der Waals surface area contributed by atoms with Gasteiger partial charge in [-0.2, -0.15) is 0 Å². The van der Waals surface area contributed by atoms with Crippen molar-refractivity contribution >= 4 is 0 Å². The lowest BCUT2D eigenvalue weighted by Gasteiger charge is -2.19. The number of nitrogens with two attached hydrogens (primary N) is 1. The molecule has 0 aliphatic heterocycles. The minimum Gasteiger partial charge on any atom is -0.468 e. The minimum absolute atomic E-state index is 0.437. The number of hydrogen-bond donors (Lipinski definition) is 1. The Balaban J connectivity index is 1.75. The highest BCUT2D eigenvalue weighted by Gasteiger charge is 2.22. The molecule has 3 nitrogen and oxygen atoms in total. The quantitative estimate of drug-likeness (QED) is 0.821. The highest BCUT2D eigenvalue weighted by molar-refractivity contribution is 4.97. The third-order valence-corrected chi connectivity index (χ3v) is 3.16. The van der Waals surface area contributed by atoms with Gasteiger partial charge in [0, 0.05) is 12.6 Å². The molecule has 0 radical (unpaired) electrons. The molecule has 1 aromatic rings. The van der Waals surface area contributed by atoms with E-state index in [0.29, 0.717) is 6.04 Å². The first-order chi connectivity index (χ1) is 7.24. The third-order valence-electron chi connectivity index (χ3n) is 3.16. The summed E-state index contributed by atoms with van der Waals surface area (Å²) in [6.07, 6.45) is 5.39. The van der Waals surface area contributed by atoms with Crippen LogP contribution in [0.1, 0.15) is 25.0 Å². The van der Waals surface area contributed by atoms with E-state index in [2.05, 4.69) is 11.9 Å². The maximum atomic E-state index is 5.90. The average molecular weight is 208 g/mol. The van der Waals surface area contributed by atoms with Crippen molar-refractivity contribution in [3.05, 3.63) is 24.2 Å². The number of nitrogens with zero attached hydrogens (tertiary/aromatic N) is 1. The molecular formula is C12H20N2O. The van der Waals surface area contributed by atoms with E-state index < -0.39 is 0 Å². The van der Waals surface area contributed by atoms with Crippen LogP contribution in [0.5, 0.6) is 0 Å². The van der Waals surface area contributed by atoms with Gasteiger partial charge in [-0.05, 0) is 44.4 Å². The van der Waals surface area contributed by atoms with E-state index in [9.17, 15) is 0 Å². The van der Waals surface area contributed by atoms with E-state index in [-0.39, 0.29) is 0 Å². The van der Waals surface area contributed by atoms with Gasteiger partial charge in [-0.1, -0.05) is 0 Å². The molecule has 0 saturated heterocycles. The first-order valence-corrected chi connectivity index (χ1v) is 5.70. The van der Waals surface area contributed by atoms with Crippen molar-refractivity contribution in [3.8, 4) is 0 Å². The van der Waals surface area contributed by atoms with Crippen molar-refractivity contribution in [2.45, 2.75) is 31.8 Å². The lowest BCUT2D eigenvalue weighted by molar-refractivity contribution is 0.250. The first-order valence-electron chi connectivity index (χ1n) is 5.70. The predicted octanol–water partition coefficient (Wildman–Crippen LogP) is 1.84. The van der Waals surface area contributed by atoms with Crippen LogP contribution in [-0.4, -0.2) is 24.5 Å². The standard InChI is InChI=1S/C12H20N2O/c1-14(9-12-3-2-6-15-12)8-10-4-5-11(13)7-10/h2-3,6,10-11H,4-5,7-9,13H2,1H3. The van der Waals surface area contributed by atoms with Crippen LogP contribution in [0.4, 0.5) is 0 Å². The average Bonchev–Trinajstić information content (AvgIpc) is 2.77. The van der Waals surface area contributed by atoms with Gasteiger partial charge in [-0.3, -0.25) is 4.90 Å². The van der Waals surface area contributed by atoms with Gasteiger partial charge in [0.2, 0.25) is 0 Å². The van der Waals surface area contributed by atoms with E-state index in [1.165, 1.54) is 19.3 Å². The molecule has 1 aliphatic carbocycles. The van der Waals surface area contributed by atoms with Crippen molar-refractivity contribution < 1.29 is 4.42 Å². The van der Waals surface area contributed by atoms with Crippen LogP contribution in [-0.2, 0) is 6.54 Å². The molecule has 1 aromatic heterocycles. The van der Waals surface area contributed by atoms with Crippen molar-refractivity contribution in [2.75, 3.05) is 13.6 Å². The molecule has 1 heterocycles. The SMILES string of the molecule is CN(Cc1ccco1)CC1CCC(N)C1. The van der Waals surface area contributed by atoms with Crippen molar-refractivity contribution in [2.24, 2.45) is 11.7 Å². The molecule has 3 heteroatoms. The Labute approximate surface area is 91.2 Å². The third kappa shape index (κ3) is 3.08. The van der Waals surface area contributed by atoms with Gasteiger partial charge in [-0.15, -0.1) is 0 Å². The van der Waals surface area contributed by atoms with Crippen LogP contribution in [0.2, 0.25) is 0 Å². The fraction of sp³-hybridized carbons (Fsp3) is 0.667. The second-order valence-corrected chi connectivity index (χ2v) is 4.72. The van der Waals surface area contributed by atoms with Crippen LogP contribution < -0.4 is 5.73 Å². The maximum absolute atomic E-state index is 5.90. The number of rotatable bonds is 4. The fourth-order valence-corrected chi connectivity index (χ4v) is 2.45. The van der Waals surface area contributed by atoms with Crippen molar-refractivity contribution in [1.29, 1.82) is 0 Å². The monoisotopic (exact) mass is 208 g/mol. The zero-order valence-electron chi connectivity index (χ0n) is 9.36. The van der Waals surface area contributed by atoms with Gasteiger partial charge in [0.05, 0.1) is 12.8 Å². The van der Waals surface area contributed by atoms with Crippen LogP contribution in [0.3, 0.4) is 0 Å². The number of furan rings is 1. The lowest BCUT2D eigenvalue weighted by Crippen LogP contribution is -2.25. The summed E-state index contributed by atoms with van der Waals surface area (Å²) in [7, 11) is 2.15. The Morgan fingerprint density at radius 1 is 1.53 bits per heavy atom. The second-order valence-electron chi connectivity index (χ2n) is 4.72. The van der Waals surface area contributed by atoms with Crippen LogP contribution >= 0.6 is 0 Å². The Morgan fingerprint density at radius 3 is 3.00 bits per heavy atom. The summed E-state index contributed by atoms with van der Waals surface area (Å²) in [5.74, 6) is 1.82. The van der Waals surface area contributed by atoms with Crippen LogP contribution in [0, 0.1) is 5.92 Å². The lowest BCUT2D eigenvalue weighted by atomic mass is 10.1. The van der Waals surface area contributed by atoms with Crippen molar-refractivity contribution in [3.63, 3.8) is 0 Å². The van der Waals surface area contributed by atoms with Gasteiger partial charge in [-0.25, -0.2) is 0 Å². The Morgan fingerprint density at radius 2 is 2.40 bits per heavy atom. The van der Waals surface area contributed by atoms with Gasteiger partial charge in [0.15, 0.2) is 0 Å². The molecule has 1 fully saturated rings. The second kappa shape index (κ2) is 4.81. The molecule has 15 heavy (non-hydrogen) atoms. The van der Waals surface area contributed by atoms with Crippen molar-refractivity contribution in [1.82, 2.24) is 4.90 Å². The smallest absolute Gasteiger partial charge is 0.117 e. The summed E-state index contributed by atoms with van der Waals surface area (Å²) in [4.78, 5) is 2.32. The molecule has 0 spiro atoms. The molecule has 84 valence electrons. The maximum Gasteiger partial charge on any atom is 0.117 e. The van der Waals surface area contributed by atoms with E-state index in [4.69, 9.17) is 10.2 Å². The normalized spacial score (nSPS) is 26.3. The molecule has 2 rings (SSSR count).